The van der Waals surface area contributed by atoms with E-state index in [-0.39, 0.29) is 5.56 Å². The molecule has 36 heavy (non-hydrogen) atoms. The Bertz CT molecular complexity index is 1210. The second kappa shape index (κ2) is 12.6. The van der Waals surface area contributed by atoms with Crippen LogP contribution in [0.2, 0.25) is 10.0 Å². The van der Waals surface area contributed by atoms with Crippen LogP contribution in [0.25, 0.3) is 10.9 Å². The molecule has 8 nitrogen and oxygen atoms in total. The summed E-state index contributed by atoms with van der Waals surface area (Å²) in [5.74, 6) is 1.07. The van der Waals surface area contributed by atoms with Crippen LogP contribution in [-0.4, -0.2) is 73.3 Å². The Morgan fingerprint density at radius 1 is 1.06 bits per heavy atom. The van der Waals surface area contributed by atoms with E-state index in [9.17, 15) is 4.79 Å². The molecule has 1 aliphatic heterocycles. The Labute approximate surface area is 221 Å². The van der Waals surface area contributed by atoms with Gasteiger partial charge in [0.05, 0.1) is 40.7 Å². The zero-order valence-electron chi connectivity index (χ0n) is 20.8. The van der Waals surface area contributed by atoms with E-state index in [4.69, 9.17) is 32.7 Å². The number of nitrogens with zero attached hydrogens (tertiary/aromatic N) is 3. The van der Waals surface area contributed by atoms with E-state index in [1.165, 1.54) is 31.3 Å². The summed E-state index contributed by atoms with van der Waals surface area (Å²) in [6.07, 6.45) is 7.36. The van der Waals surface area contributed by atoms with Gasteiger partial charge in [-0.25, -0.2) is 0 Å². The molecular weight excluding hydrogens is 501 g/mol. The lowest BCUT2D eigenvalue weighted by molar-refractivity contribution is 0.151. The van der Waals surface area contributed by atoms with E-state index in [2.05, 4.69) is 32.1 Å². The van der Waals surface area contributed by atoms with Crippen LogP contribution in [0.15, 0.2) is 35.4 Å². The summed E-state index contributed by atoms with van der Waals surface area (Å²) in [5.41, 5.74) is 1.31. The first-order chi connectivity index (χ1) is 17.5. The molecule has 0 amide bonds. The number of methoxy groups -OCH3 is 1. The number of H-pyrrole nitrogens is 1. The van der Waals surface area contributed by atoms with Crippen molar-refractivity contribution in [3.63, 3.8) is 0 Å². The number of fused-ring (bicyclic) bond motifs is 1. The van der Waals surface area contributed by atoms with Gasteiger partial charge in [-0.1, -0.05) is 36.0 Å². The van der Waals surface area contributed by atoms with Gasteiger partial charge in [-0.3, -0.25) is 9.78 Å². The lowest BCUT2D eigenvalue weighted by Gasteiger charge is -2.32. The molecule has 2 aromatic heterocycles. The van der Waals surface area contributed by atoms with Crippen LogP contribution in [0.5, 0.6) is 11.5 Å². The van der Waals surface area contributed by atoms with Gasteiger partial charge in [0.25, 0.3) is 5.56 Å². The molecule has 0 spiro atoms. The summed E-state index contributed by atoms with van der Waals surface area (Å²) >= 11 is 12.6. The molecule has 10 heteroatoms. The molecule has 0 saturated carbocycles. The molecule has 1 aliphatic rings. The molecule has 0 radical (unpaired) electrons. The zero-order chi connectivity index (χ0) is 25.5. The van der Waals surface area contributed by atoms with E-state index in [0.29, 0.717) is 45.0 Å². The highest BCUT2D eigenvalue weighted by Gasteiger charge is 2.16. The number of halogens is 2. The van der Waals surface area contributed by atoms with Crippen LogP contribution in [-0.2, 0) is 0 Å². The Kier molecular flexibility index (Phi) is 9.31. The van der Waals surface area contributed by atoms with Crippen LogP contribution in [0.4, 0.5) is 11.4 Å². The maximum absolute atomic E-state index is 12.5. The van der Waals surface area contributed by atoms with Crippen LogP contribution in [0.3, 0.4) is 0 Å². The van der Waals surface area contributed by atoms with E-state index in [1.807, 2.05) is 12.1 Å². The van der Waals surface area contributed by atoms with Crippen molar-refractivity contribution in [2.45, 2.75) is 25.7 Å². The third-order valence-electron chi connectivity index (χ3n) is 6.48. The Balaban J connectivity index is 1.40. The molecule has 0 aliphatic carbocycles. The average Bonchev–Trinajstić information content (AvgIpc) is 2.86. The van der Waals surface area contributed by atoms with E-state index in [1.54, 1.807) is 7.11 Å². The van der Waals surface area contributed by atoms with Crippen LogP contribution in [0.1, 0.15) is 25.7 Å². The standard InChI is InChI=1S/C26H33Cl2N5O3/c1-32-10-12-33(13-11-32)9-5-3-4-6-14-36-26-22(35-2)8-7-18-21(15-23(34)31-24(18)26)30-25-19(27)16-29-17-20(25)28/h7-8,15-17H,3-6,9-14H2,1-2H3,(H2,29,30,31,34). The number of likely N-dealkylation sites (N-methyl/N-ethyl adjacent to an activating group) is 1. The molecule has 3 aromatic rings. The monoisotopic (exact) mass is 533 g/mol. The molecule has 194 valence electrons. The maximum atomic E-state index is 12.5. The van der Waals surface area contributed by atoms with Crippen LogP contribution < -0.4 is 20.3 Å². The summed E-state index contributed by atoms with van der Waals surface area (Å²) in [6.45, 7) is 6.33. The number of piperazine rings is 1. The third-order valence-corrected chi connectivity index (χ3v) is 7.05. The quantitative estimate of drug-likeness (QED) is 0.329. The largest absolute Gasteiger partial charge is 0.493 e. The Hall–Kier alpha value is -2.52. The van der Waals surface area contributed by atoms with Crippen LogP contribution in [0, 0.1) is 0 Å². The number of hydrogen-bond acceptors (Lipinski definition) is 7. The number of anilines is 2. The number of ether oxygens (including phenoxy) is 2. The molecule has 4 rings (SSSR count). The van der Waals surface area contributed by atoms with Crippen molar-refractivity contribution in [3.8, 4) is 11.5 Å². The number of benzene rings is 1. The number of aromatic nitrogens is 2. The lowest BCUT2D eigenvalue weighted by Crippen LogP contribution is -2.44. The van der Waals surface area contributed by atoms with Gasteiger partial charge in [0.1, 0.15) is 0 Å². The summed E-state index contributed by atoms with van der Waals surface area (Å²) in [7, 11) is 3.77. The van der Waals surface area contributed by atoms with Gasteiger partial charge in [0, 0.05) is 50.0 Å². The molecule has 3 heterocycles. The maximum Gasteiger partial charge on any atom is 0.250 e. The molecule has 0 unspecified atom stereocenters. The molecule has 2 N–H and O–H groups in total. The number of rotatable bonds is 11. The summed E-state index contributed by atoms with van der Waals surface area (Å²) < 4.78 is 11.7. The number of pyridine rings is 2. The first-order valence-electron chi connectivity index (χ1n) is 12.3. The number of unbranched alkanes of at least 4 members (excludes halogenated alkanes) is 3. The minimum Gasteiger partial charge on any atom is -0.493 e. The third kappa shape index (κ3) is 6.62. The minimum absolute atomic E-state index is 0.284. The van der Waals surface area contributed by atoms with Gasteiger partial charge in [-0.05, 0) is 38.6 Å². The van der Waals surface area contributed by atoms with E-state index >= 15 is 0 Å². The van der Waals surface area contributed by atoms with Gasteiger partial charge < -0.3 is 29.6 Å². The van der Waals surface area contributed by atoms with Gasteiger partial charge in [-0.2, -0.15) is 0 Å². The molecule has 0 atom stereocenters. The fourth-order valence-electron chi connectivity index (χ4n) is 4.39. The van der Waals surface area contributed by atoms with Crippen molar-refractivity contribution < 1.29 is 9.47 Å². The second-order valence-corrected chi connectivity index (χ2v) is 9.89. The summed E-state index contributed by atoms with van der Waals surface area (Å²) in [4.78, 5) is 24.3. The van der Waals surface area contributed by atoms with Crippen molar-refractivity contribution in [2.24, 2.45) is 0 Å². The van der Waals surface area contributed by atoms with E-state index in [0.717, 1.165) is 51.0 Å². The van der Waals surface area contributed by atoms with Gasteiger partial charge in [0.15, 0.2) is 11.5 Å². The SMILES string of the molecule is COc1ccc2c(Nc3c(Cl)cncc3Cl)cc(=O)[nH]c2c1OCCCCCCN1CCN(C)CC1. The smallest absolute Gasteiger partial charge is 0.250 e. The first-order valence-corrected chi connectivity index (χ1v) is 13.1. The highest BCUT2D eigenvalue weighted by molar-refractivity contribution is 6.39. The van der Waals surface area contributed by atoms with E-state index < -0.39 is 0 Å². The van der Waals surface area contributed by atoms with Crippen molar-refractivity contribution in [2.75, 3.05) is 58.8 Å². The van der Waals surface area contributed by atoms with Crippen molar-refractivity contribution in [1.82, 2.24) is 19.8 Å². The number of hydrogen-bond donors (Lipinski definition) is 2. The van der Waals surface area contributed by atoms with Gasteiger partial charge >= 0.3 is 0 Å². The minimum atomic E-state index is -0.284. The molecular formula is C26H33Cl2N5O3. The number of aromatic amines is 1. The Morgan fingerprint density at radius 2 is 1.78 bits per heavy atom. The highest BCUT2D eigenvalue weighted by atomic mass is 35.5. The fourth-order valence-corrected chi connectivity index (χ4v) is 4.85. The van der Waals surface area contributed by atoms with Gasteiger partial charge in [0.2, 0.25) is 0 Å². The predicted octanol–water partition coefficient (Wildman–Crippen LogP) is 5.17. The average molecular weight is 534 g/mol. The normalized spacial score (nSPS) is 14.8. The predicted molar refractivity (Wildman–Crippen MR) is 147 cm³/mol. The Morgan fingerprint density at radius 3 is 2.50 bits per heavy atom. The fraction of sp³-hybridized carbons (Fsp3) is 0.462. The van der Waals surface area contributed by atoms with Crippen LogP contribution >= 0.6 is 23.2 Å². The lowest BCUT2D eigenvalue weighted by atomic mass is 10.1. The number of nitrogens with one attached hydrogen (secondary N) is 2. The topological polar surface area (TPSA) is 82.7 Å². The van der Waals surface area contributed by atoms with Crippen molar-refractivity contribution in [1.29, 1.82) is 0 Å². The first kappa shape index (κ1) is 26.5. The zero-order valence-corrected chi connectivity index (χ0v) is 22.3. The summed E-state index contributed by atoms with van der Waals surface area (Å²) in [6, 6.07) is 5.15. The summed E-state index contributed by atoms with van der Waals surface area (Å²) in [5, 5.41) is 4.64. The second-order valence-electron chi connectivity index (χ2n) is 9.08. The van der Waals surface area contributed by atoms with Crippen molar-refractivity contribution >= 4 is 45.5 Å². The molecule has 1 saturated heterocycles. The molecule has 1 aromatic carbocycles. The molecule has 1 fully saturated rings. The molecule has 0 bridgehead atoms. The highest BCUT2D eigenvalue weighted by Crippen LogP contribution is 2.39. The van der Waals surface area contributed by atoms with Crippen molar-refractivity contribution in [3.05, 3.63) is 51.0 Å². The van der Waals surface area contributed by atoms with Gasteiger partial charge in [-0.15, -0.1) is 0 Å².